The van der Waals surface area contributed by atoms with E-state index < -0.39 is 0 Å². The van der Waals surface area contributed by atoms with Crippen molar-refractivity contribution in [1.29, 1.82) is 0 Å². The van der Waals surface area contributed by atoms with Crippen LogP contribution in [-0.4, -0.2) is 63.3 Å². The van der Waals surface area contributed by atoms with Crippen LogP contribution < -0.4 is 10.2 Å². The average molecular weight is 379 g/mol. The Bertz CT molecular complexity index is 573. The van der Waals surface area contributed by atoms with E-state index >= 15 is 0 Å². The van der Waals surface area contributed by atoms with Crippen LogP contribution in [0.3, 0.4) is 0 Å². The minimum absolute atomic E-state index is 0.183. The minimum atomic E-state index is 0.183. The summed E-state index contributed by atoms with van der Waals surface area (Å²) in [6, 6.07) is 4.34. The Hall–Kier alpha value is -1.27. The molecule has 2 atom stereocenters. The summed E-state index contributed by atoms with van der Waals surface area (Å²) >= 11 is 1.82. The van der Waals surface area contributed by atoms with E-state index in [2.05, 4.69) is 58.4 Å². The standard InChI is InChI=1S/C20H34N4OS/c1-20(2,3)18-16(7-5-13-25-18)15-22-19(21-4)24-11-9-23(10-12-24)17-8-6-14-26-17/h6,8,14,16,18H,5,7,9-13,15H2,1-4H3,(H,21,22). The lowest BCUT2D eigenvalue weighted by molar-refractivity contribution is -0.0836. The number of rotatable bonds is 3. The van der Waals surface area contributed by atoms with Crippen molar-refractivity contribution in [3.63, 3.8) is 0 Å². The lowest BCUT2D eigenvalue weighted by Crippen LogP contribution is -2.54. The number of hydrogen-bond donors (Lipinski definition) is 1. The molecule has 0 saturated carbocycles. The van der Waals surface area contributed by atoms with E-state index in [1.165, 1.54) is 11.4 Å². The van der Waals surface area contributed by atoms with Gasteiger partial charge in [-0.15, -0.1) is 11.3 Å². The molecular formula is C20H34N4OS. The highest BCUT2D eigenvalue weighted by Crippen LogP contribution is 2.33. The van der Waals surface area contributed by atoms with Gasteiger partial charge in [-0.3, -0.25) is 4.99 Å². The zero-order chi connectivity index (χ0) is 18.6. The van der Waals surface area contributed by atoms with Crippen LogP contribution in [0, 0.1) is 11.3 Å². The molecule has 1 aromatic rings. The van der Waals surface area contributed by atoms with Gasteiger partial charge in [-0.2, -0.15) is 0 Å². The van der Waals surface area contributed by atoms with Crippen LogP contribution >= 0.6 is 11.3 Å². The monoisotopic (exact) mass is 378 g/mol. The number of aliphatic imine (C=N–C) groups is 1. The third kappa shape index (κ3) is 4.71. The van der Waals surface area contributed by atoms with Gasteiger partial charge in [0.15, 0.2) is 5.96 Å². The average Bonchev–Trinajstić information content (AvgIpc) is 3.17. The fourth-order valence-corrected chi connectivity index (χ4v) is 4.94. The number of guanidine groups is 1. The molecule has 0 bridgehead atoms. The highest BCUT2D eigenvalue weighted by molar-refractivity contribution is 7.14. The molecule has 146 valence electrons. The summed E-state index contributed by atoms with van der Waals surface area (Å²) < 4.78 is 6.12. The van der Waals surface area contributed by atoms with Crippen molar-refractivity contribution in [2.75, 3.05) is 51.3 Å². The quantitative estimate of drug-likeness (QED) is 0.647. The van der Waals surface area contributed by atoms with E-state index in [1.807, 2.05) is 18.4 Å². The molecule has 1 N–H and O–H groups in total. The SMILES string of the molecule is CN=C(NCC1CCCOC1C(C)(C)C)N1CCN(c2cccs2)CC1. The molecule has 3 rings (SSSR count). The van der Waals surface area contributed by atoms with Crippen LogP contribution in [0.1, 0.15) is 33.6 Å². The Kier molecular flexibility index (Phi) is 6.46. The van der Waals surface area contributed by atoms with E-state index in [-0.39, 0.29) is 5.41 Å². The normalized spacial score (nSPS) is 25.5. The maximum atomic E-state index is 6.12. The smallest absolute Gasteiger partial charge is 0.193 e. The lowest BCUT2D eigenvalue weighted by Gasteiger charge is -2.41. The first-order valence-electron chi connectivity index (χ1n) is 9.84. The summed E-state index contributed by atoms with van der Waals surface area (Å²) in [5.74, 6) is 1.59. The molecule has 2 fully saturated rings. The van der Waals surface area contributed by atoms with Gasteiger partial charge < -0.3 is 19.9 Å². The van der Waals surface area contributed by atoms with E-state index in [9.17, 15) is 0 Å². The van der Waals surface area contributed by atoms with Crippen LogP contribution in [0.25, 0.3) is 0 Å². The van der Waals surface area contributed by atoms with Gasteiger partial charge in [-0.05, 0) is 35.8 Å². The molecule has 0 spiro atoms. The summed E-state index contributed by atoms with van der Waals surface area (Å²) in [6.45, 7) is 12.8. The van der Waals surface area contributed by atoms with Crippen molar-refractivity contribution in [3.8, 4) is 0 Å². The van der Waals surface area contributed by atoms with Crippen molar-refractivity contribution in [2.24, 2.45) is 16.3 Å². The van der Waals surface area contributed by atoms with Gasteiger partial charge in [0, 0.05) is 52.3 Å². The Morgan fingerprint density at radius 1 is 1.31 bits per heavy atom. The Morgan fingerprint density at radius 3 is 2.69 bits per heavy atom. The molecule has 2 aliphatic rings. The van der Waals surface area contributed by atoms with Gasteiger partial charge >= 0.3 is 0 Å². The van der Waals surface area contributed by atoms with Crippen LogP contribution in [-0.2, 0) is 4.74 Å². The molecule has 0 aliphatic carbocycles. The highest BCUT2D eigenvalue weighted by Gasteiger charge is 2.35. The lowest BCUT2D eigenvalue weighted by atomic mass is 9.78. The van der Waals surface area contributed by atoms with Crippen molar-refractivity contribution in [1.82, 2.24) is 10.2 Å². The molecular weight excluding hydrogens is 344 g/mol. The van der Waals surface area contributed by atoms with Gasteiger partial charge in [-0.25, -0.2) is 0 Å². The van der Waals surface area contributed by atoms with Gasteiger partial charge in [0.05, 0.1) is 11.1 Å². The Balaban J connectivity index is 1.52. The maximum Gasteiger partial charge on any atom is 0.193 e. The molecule has 3 heterocycles. The molecule has 0 radical (unpaired) electrons. The first-order chi connectivity index (χ1) is 12.5. The van der Waals surface area contributed by atoms with Gasteiger partial charge in [0.25, 0.3) is 0 Å². The second-order valence-corrected chi connectivity index (χ2v) is 9.34. The number of thiophene rings is 1. The van der Waals surface area contributed by atoms with Gasteiger partial charge in [-0.1, -0.05) is 20.8 Å². The fourth-order valence-electron chi connectivity index (χ4n) is 4.15. The second-order valence-electron chi connectivity index (χ2n) is 8.41. The molecule has 2 aliphatic heterocycles. The molecule has 2 saturated heterocycles. The highest BCUT2D eigenvalue weighted by atomic mass is 32.1. The largest absolute Gasteiger partial charge is 0.377 e. The maximum absolute atomic E-state index is 6.12. The third-order valence-corrected chi connectivity index (χ3v) is 6.36. The number of ether oxygens (including phenoxy) is 1. The number of nitrogens with zero attached hydrogens (tertiary/aromatic N) is 3. The van der Waals surface area contributed by atoms with Gasteiger partial charge in [0.2, 0.25) is 0 Å². The van der Waals surface area contributed by atoms with E-state index in [0.717, 1.165) is 51.7 Å². The molecule has 0 amide bonds. The van der Waals surface area contributed by atoms with Crippen molar-refractivity contribution >= 4 is 22.3 Å². The summed E-state index contributed by atoms with van der Waals surface area (Å²) in [5, 5.41) is 7.17. The molecule has 1 aromatic heterocycles. The van der Waals surface area contributed by atoms with Crippen LogP contribution in [0.2, 0.25) is 0 Å². The number of nitrogens with one attached hydrogen (secondary N) is 1. The zero-order valence-electron chi connectivity index (χ0n) is 16.7. The third-order valence-electron chi connectivity index (χ3n) is 5.43. The summed E-state index contributed by atoms with van der Waals surface area (Å²) in [5.41, 5.74) is 0.183. The first kappa shape index (κ1) is 19.5. The fraction of sp³-hybridized carbons (Fsp3) is 0.750. The number of hydrogen-bond acceptors (Lipinski definition) is 4. The van der Waals surface area contributed by atoms with E-state index in [4.69, 9.17) is 4.74 Å². The van der Waals surface area contributed by atoms with Crippen LogP contribution in [0.4, 0.5) is 5.00 Å². The molecule has 5 nitrogen and oxygen atoms in total. The Morgan fingerprint density at radius 2 is 2.08 bits per heavy atom. The second kappa shape index (κ2) is 8.61. The molecule has 0 aromatic carbocycles. The molecule has 6 heteroatoms. The first-order valence-corrected chi connectivity index (χ1v) is 10.7. The van der Waals surface area contributed by atoms with E-state index in [1.54, 1.807) is 0 Å². The van der Waals surface area contributed by atoms with Crippen molar-refractivity contribution in [2.45, 2.75) is 39.7 Å². The molecule has 26 heavy (non-hydrogen) atoms. The van der Waals surface area contributed by atoms with Crippen molar-refractivity contribution < 1.29 is 4.74 Å². The van der Waals surface area contributed by atoms with Crippen LogP contribution in [0.15, 0.2) is 22.5 Å². The predicted molar refractivity (Wildman–Crippen MR) is 111 cm³/mol. The van der Waals surface area contributed by atoms with Crippen LogP contribution in [0.5, 0.6) is 0 Å². The number of anilines is 1. The Labute approximate surface area is 162 Å². The molecule has 2 unspecified atom stereocenters. The van der Waals surface area contributed by atoms with Crippen molar-refractivity contribution in [3.05, 3.63) is 17.5 Å². The zero-order valence-corrected chi connectivity index (χ0v) is 17.5. The topological polar surface area (TPSA) is 40.1 Å². The summed E-state index contributed by atoms with van der Waals surface area (Å²) in [6.07, 6.45) is 2.72. The summed E-state index contributed by atoms with van der Waals surface area (Å²) in [7, 11) is 1.90. The summed E-state index contributed by atoms with van der Waals surface area (Å²) in [4.78, 5) is 9.41. The van der Waals surface area contributed by atoms with E-state index in [0.29, 0.717) is 12.0 Å². The van der Waals surface area contributed by atoms with Gasteiger partial charge in [0.1, 0.15) is 0 Å². The predicted octanol–water partition coefficient (Wildman–Crippen LogP) is 3.29. The number of piperazine rings is 1. The minimum Gasteiger partial charge on any atom is -0.377 e.